The van der Waals surface area contributed by atoms with E-state index >= 15 is 0 Å². The van der Waals surface area contributed by atoms with Crippen LogP contribution >= 0.6 is 11.8 Å². The predicted octanol–water partition coefficient (Wildman–Crippen LogP) is 3.14. The number of anilines is 1. The maximum absolute atomic E-state index is 12.8. The Bertz CT molecular complexity index is 643. The molecule has 1 N–H and O–H groups in total. The van der Waals surface area contributed by atoms with E-state index in [-0.39, 0.29) is 11.5 Å². The van der Waals surface area contributed by atoms with Crippen LogP contribution in [0.1, 0.15) is 18.1 Å². The molecule has 1 aliphatic heterocycles. The van der Waals surface area contributed by atoms with Crippen molar-refractivity contribution in [2.75, 3.05) is 23.4 Å². The van der Waals surface area contributed by atoms with Crippen LogP contribution in [-0.2, 0) is 9.59 Å². The number of rotatable bonds is 3. The van der Waals surface area contributed by atoms with Crippen molar-refractivity contribution in [3.05, 3.63) is 29.3 Å². The molecule has 0 aromatic heterocycles. The first-order chi connectivity index (χ1) is 11.0. The molecule has 8 heteroatoms. The van der Waals surface area contributed by atoms with Crippen LogP contribution in [0.15, 0.2) is 18.2 Å². The molecule has 0 bridgehead atoms. The largest absolute Gasteiger partial charge is 0.406 e. The van der Waals surface area contributed by atoms with Crippen LogP contribution in [-0.4, -0.2) is 46.5 Å². The lowest BCUT2D eigenvalue weighted by Gasteiger charge is -2.43. The van der Waals surface area contributed by atoms with Crippen molar-refractivity contribution in [1.29, 1.82) is 0 Å². The summed E-state index contributed by atoms with van der Waals surface area (Å²) in [5, 5.41) is 2.71. The van der Waals surface area contributed by atoms with Gasteiger partial charge in [-0.2, -0.15) is 13.2 Å². The first kappa shape index (κ1) is 18.6. The van der Waals surface area contributed by atoms with E-state index in [0.29, 0.717) is 10.6 Å². The maximum Gasteiger partial charge on any atom is 0.406 e. The first-order valence-corrected chi connectivity index (χ1v) is 8.53. The van der Waals surface area contributed by atoms with E-state index in [4.69, 9.17) is 0 Å². The molecule has 0 radical (unpaired) electrons. The molecule has 0 aliphatic carbocycles. The second-order valence-electron chi connectivity index (χ2n) is 6.08. The number of halogens is 3. The Hall–Kier alpha value is -1.70. The van der Waals surface area contributed by atoms with Crippen molar-refractivity contribution in [1.82, 2.24) is 4.90 Å². The lowest BCUT2D eigenvalue weighted by molar-refractivity contribution is -0.172. The fourth-order valence-electron chi connectivity index (χ4n) is 2.66. The zero-order valence-electron chi connectivity index (χ0n) is 13.7. The Morgan fingerprint density at radius 3 is 2.46 bits per heavy atom. The van der Waals surface area contributed by atoms with E-state index in [1.54, 1.807) is 26.0 Å². The molecule has 1 aromatic rings. The highest BCUT2D eigenvalue weighted by atomic mass is 32.2. The number of hydrogen-bond donors (Lipinski definition) is 1. The van der Waals surface area contributed by atoms with Gasteiger partial charge in [0.05, 0.1) is 5.75 Å². The Balaban J connectivity index is 2.31. The minimum Gasteiger partial charge on any atom is -0.324 e. The Kier molecular flexibility index (Phi) is 5.17. The number of carbonyl (C=O) groups excluding carboxylic acids is 2. The summed E-state index contributed by atoms with van der Waals surface area (Å²) in [6.45, 7) is 3.56. The van der Waals surface area contributed by atoms with Gasteiger partial charge in [-0.3, -0.25) is 9.59 Å². The van der Waals surface area contributed by atoms with E-state index in [1.807, 2.05) is 6.07 Å². The molecule has 24 heavy (non-hydrogen) atoms. The van der Waals surface area contributed by atoms with Gasteiger partial charge in [0.25, 0.3) is 5.91 Å². The standard InChI is InChI=1S/C16H19F3N2O2S/c1-10-5-4-6-11(2)13(10)20-14(23)15(3)9-24-7-12(22)21(15)8-16(17,18)19/h4-6H,7-9H2,1-3H3,(H,20,23). The van der Waals surface area contributed by atoms with Crippen LogP contribution in [0.2, 0.25) is 0 Å². The molecule has 1 atom stereocenters. The van der Waals surface area contributed by atoms with Crippen LogP contribution in [0.5, 0.6) is 0 Å². The number of para-hydroxylation sites is 1. The molecule has 132 valence electrons. The molecule has 4 nitrogen and oxygen atoms in total. The summed E-state index contributed by atoms with van der Waals surface area (Å²) in [6, 6.07) is 5.44. The van der Waals surface area contributed by atoms with Crippen molar-refractivity contribution >= 4 is 29.3 Å². The average Bonchev–Trinajstić information content (AvgIpc) is 2.46. The molecule has 1 aromatic carbocycles. The molecule has 2 rings (SSSR count). The van der Waals surface area contributed by atoms with Gasteiger partial charge in [-0.1, -0.05) is 18.2 Å². The van der Waals surface area contributed by atoms with Gasteiger partial charge in [0, 0.05) is 11.4 Å². The van der Waals surface area contributed by atoms with E-state index in [1.165, 1.54) is 18.7 Å². The number of thioether (sulfide) groups is 1. The zero-order chi connectivity index (χ0) is 18.1. The summed E-state index contributed by atoms with van der Waals surface area (Å²) in [5.74, 6) is -1.22. The van der Waals surface area contributed by atoms with E-state index in [0.717, 1.165) is 11.1 Å². The third kappa shape index (κ3) is 3.85. The van der Waals surface area contributed by atoms with Crippen LogP contribution < -0.4 is 5.32 Å². The van der Waals surface area contributed by atoms with Crippen LogP contribution in [0.3, 0.4) is 0 Å². The molecule has 0 saturated carbocycles. The summed E-state index contributed by atoms with van der Waals surface area (Å²) < 4.78 is 38.5. The van der Waals surface area contributed by atoms with E-state index in [2.05, 4.69) is 5.32 Å². The van der Waals surface area contributed by atoms with Crippen molar-refractivity contribution in [2.45, 2.75) is 32.5 Å². The fraction of sp³-hybridized carbons (Fsp3) is 0.500. The van der Waals surface area contributed by atoms with Gasteiger partial charge in [-0.25, -0.2) is 0 Å². The number of hydrogen-bond acceptors (Lipinski definition) is 3. The van der Waals surface area contributed by atoms with Crippen LogP contribution in [0.25, 0.3) is 0 Å². The van der Waals surface area contributed by atoms with Gasteiger partial charge in [0.2, 0.25) is 5.91 Å². The van der Waals surface area contributed by atoms with Gasteiger partial charge in [0.15, 0.2) is 0 Å². The highest BCUT2D eigenvalue weighted by Crippen LogP contribution is 2.32. The topological polar surface area (TPSA) is 49.4 Å². The molecule has 1 saturated heterocycles. The zero-order valence-corrected chi connectivity index (χ0v) is 14.5. The fourth-order valence-corrected chi connectivity index (χ4v) is 3.77. The highest BCUT2D eigenvalue weighted by Gasteiger charge is 2.49. The van der Waals surface area contributed by atoms with Crippen molar-refractivity contribution in [3.8, 4) is 0 Å². The van der Waals surface area contributed by atoms with Gasteiger partial charge in [0.1, 0.15) is 12.1 Å². The van der Waals surface area contributed by atoms with Crippen molar-refractivity contribution in [3.63, 3.8) is 0 Å². The third-order valence-corrected chi connectivity index (χ3v) is 5.27. The third-order valence-electron chi connectivity index (χ3n) is 4.05. The molecule has 0 spiro atoms. The molecule has 1 unspecified atom stereocenters. The lowest BCUT2D eigenvalue weighted by atomic mass is 9.99. The summed E-state index contributed by atoms with van der Waals surface area (Å²) in [7, 11) is 0. The second-order valence-corrected chi connectivity index (χ2v) is 7.07. The molecule has 1 aliphatic rings. The maximum atomic E-state index is 12.8. The summed E-state index contributed by atoms with van der Waals surface area (Å²) in [6.07, 6.45) is -4.56. The number of nitrogens with one attached hydrogen (secondary N) is 1. The first-order valence-electron chi connectivity index (χ1n) is 7.37. The van der Waals surface area contributed by atoms with Crippen LogP contribution in [0.4, 0.5) is 18.9 Å². The van der Waals surface area contributed by atoms with E-state index in [9.17, 15) is 22.8 Å². The smallest absolute Gasteiger partial charge is 0.324 e. The van der Waals surface area contributed by atoms with E-state index < -0.39 is 30.1 Å². The number of amides is 2. The lowest BCUT2D eigenvalue weighted by Crippen LogP contribution is -2.63. The normalized spacial score (nSPS) is 21.8. The number of benzene rings is 1. The van der Waals surface area contributed by atoms with Gasteiger partial charge >= 0.3 is 6.18 Å². The summed E-state index contributed by atoms with van der Waals surface area (Å²) in [5.41, 5.74) is 0.636. The monoisotopic (exact) mass is 360 g/mol. The molecular formula is C16H19F3N2O2S. The Morgan fingerprint density at radius 1 is 1.33 bits per heavy atom. The Morgan fingerprint density at radius 2 is 1.92 bits per heavy atom. The molecular weight excluding hydrogens is 341 g/mol. The summed E-state index contributed by atoms with van der Waals surface area (Å²) >= 11 is 1.17. The second kappa shape index (κ2) is 6.66. The number of alkyl halides is 3. The van der Waals surface area contributed by atoms with Gasteiger partial charge < -0.3 is 10.2 Å². The molecule has 2 amide bonds. The Labute approximate surface area is 142 Å². The quantitative estimate of drug-likeness (QED) is 0.901. The van der Waals surface area contributed by atoms with Crippen molar-refractivity contribution < 1.29 is 22.8 Å². The SMILES string of the molecule is Cc1cccc(C)c1NC(=O)C1(C)CSCC(=O)N1CC(F)(F)F. The van der Waals surface area contributed by atoms with Crippen LogP contribution in [0, 0.1) is 13.8 Å². The minimum atomic E-state index is -4.56. The highest BCUT2D eigenvalue weighted by molar-refractivity contribution is 8.00. The number of carbonyl (C=O) groups is 2. The number of aryl methyl sites for hydroxylation is 2. The van der Waals surface area contributed by atoms with Crippen molar-refractivity contribution in [2.24, 2.45) is 0 Å². The minimum absolute atomic E-state index is 0.0532. The predicted molar refractivity (Wildman–Crippen MR) is 88.0 cm³/mol. The average molecular weight is 360 g/mol. The molecule has 1 heterocycles. The van der Waals surface area contributed by atoms with Gasteiger partial charge in [-0.05, 0) is 31.9 Å². The number of nitrogens with zero attached hydrogens (tertiary/aromatic N) is 1. The molecule has 1 fully saturated rings. The summed E-state index contributed by atoms with van der Waals surface area (Å²) in [4.78, 5) is 25.4. The van der Waals surface area contributed by atoms with Gasteiger partial charge in [-0.15, -0.1) is 11.8 Å².